The summed E-state index contributed by atoms with van der Waals surface area (Å²) < 4.78 is 31.3. The number of sulfonamides is 1. The first-order valence-electron chi connectivity index (χ1n) is 6.54. The smallest absolute Gasteiger partial charge is 0.338 e. The van der Waals surface area contributed by atoms with Gasteiger partial charge in [-0.05, 0) is 36.6 Å². The molecule has 1 atom stereocenters. The van der Waals surface area contributed by atoms with E-state index in [9.17, 15) is 18.0 Å². The van der Waals surface area contributed by atoms with Crippen LogP contribution in [0.5, 0.6) is 0 Å². The van der Waals surface area contributed by atoms with E-state index in [1.54, 1.807) is 20.8 Å². The van der Waals surface area contributed by atoms with Crippen molar-refractivity contribution in [1.82, 2.24) is 4.72 Å². The van der Waals surface area contributed by atoms with Crippen molar-refractivity contribution in [2.45, 2.75) is 31.7 Å². The lowest BCUT2D eigenvalue weighted by atomic mass is 10.1. The predicted molar refractivity (Wildman–Crippen MR) is 79.1 cm³/mol. The van der Waals surface area contributed by atoms with Crippen molar-refractivity contribution in [3.8, 4) is 0 Å². The number of benzene rings is 1. The molecule has 0 spiro atoms. The molecule has 0 amide bonds. The Morgan fingerprint density at radius 3 is 2.27 bits per heavy atom. The van der Waals surface area contributed by atoms with E-state index in [0.29, 0.717) is 5.56 Å². The first kappa shape index (κ1) is 18.1. The van der Waals surface area contributed by atoms with Gasteiger partial charge in [-0.15, -0.1) is 0 Å². The average Bonchev–Trinajstić information content (AvgIpc) is 2.43. The molecule has 1 aromatic carbocycles. The van der Waals surface area contributed by atoms with Gasteiger partial charge in [-0.2, -0.15) is 4.72 Å². The largest absolute Gasteiger partial charge is 0.480 e. The average molecular weight is 329 g/mol. The number of nitrogens with one attached hydrogen (secondary N) is 1. The Morgan fingerprint density at radius 2 is 1.86 bits per heavy atom. The Hall–Kier alpha value is -1.93. The van der Waals surface area contributed by atoms with Crippen LogP contribution in [0.3, 0.4) is 0 Å². The van der Waals surface area contributed by atoms with Crippen LogP contribution in [-0.4, -0.2) is 38.6 Å². The van der Waals surface area contributed by atoms with Gasteiger partial charge in [0.25, 0.3) is 0 Å². The number of hydrogen-bond donors (Lipinski definition) is 2. The fourth-order valence-corrected chi connectivity index (χ4v) is 3.27. The van der Waals surface area contributed by atoms with Crippen LogP contribution in [0, 0.1) is 12.8 Å². The van der Waals surface area contributed by atoms with Crippen molar-refractivity contribution >= 4 is 22.0 Å². The summed E-state index contributed by atoms with van der Waals surface area (Å²) in [5.41, 5.74) is 0.672. The van der Waals surface area contributed by atoms with Crippen LogP contribution in [0.1, 0.15) is 29.8 Å². The molecule has 0 radical (unpaired) electrons. The zero-order chi connectivity index (χ0) is 17.1. The molecule has 0 aliphatic carbocycles. The lowest BCUT2D eigenvalue weighted by molar-refractivity contribution is -0.140. The van der Waals surface area contributed by atoms with Gasteiger partial charge in [0, 0.05) is 0 Å². The molecule has 0 aliphatic heterocycles. The summed E-state index contributed by atoms with van der Waals surface area (Å²) in [5, 5.41) is 9.07. The van der Waals surface area contributed by atoms with Crippen molar-refractivity contribution in [1.29, 1.82) is 0 Å². The Balaban J connectivity index is 3.16. The molecule has 0 fully saturated rings. The minimum atomic E-state index is -4.00. The number of carboxylic acid groups (broad SMARTS) is 1. The minimum absolute atomic E-state index is 0.107. The second kappa shape index (κ2) is 6.89. The molecule has 7 nitrogen and oxygen atoms in total. The molecule has 1 rings (SSSR count). The zero-order valence-corrected chi connectivity index (χ0v) is 13.6. The number of ether oxygens (including phenoxy) is 1. The monoisotopic (exact) mass is 329 g/mol. The number of aryl methyl sites for hydroxylation is 1. The van der Waals surface area contributed by atoms with Crippen LogP contribution in [-0.2, 0) is 19.6 Å². The molecule has 1 aromatic rings. The van der Waals surface area contributed by atoms with E-state index in [0.717, 1.165) is 0 Å². The predicted octanol–water partition coefficient (Wildman–Crippen LogP) is 1.17. The van der Waals surface area contributed by atoms with E-state index in [1.807, 2.05) is 0 Å². The lowest BCUT2D eigenvalue weighted by Gasteiger charge is -2.18. The van der Waals surface area contributed by atoms with Gasteiger partial charge in [0.2, 0.25) is 10.0 Å². The van der Waals surface area contributed by atoms with Crippen LogP contribution in [0.4, 0.5) is 0 Å². The van der Waals surface area contributed by atoms with Gasteiger partial charge in [-0.1, -0.05) is 13.8 Å². The summed E-state index contributed by atoms with van der Waals surface area (Å²) in [6, 6.07) is 2.64. The van der Waals surface area contributed by atoms with Gasteiger partial charge < -0.3 is 9.84 Å². The van der Waals surface area contributed by atoms with Gasteiger partial charge >= 0.3 is 11.9 Å². The van der Waals surface area contributed by atoms with Gasteiger partial charge in [-0.3, -0.25) is 4.79 Å². The Labute approximate surface area is 129 Å². The number of carboxylic acids is 1. The van der Waals surface area contributed by atoms with E-state index in [-0.39, 0.29) is 10.5 Å². The fourth-order valence-electron chi connectivity index (χ4n) is 1.85. The van der Waals surface area contributed by atoms with E-state index >= 15 is 0 Å². The molecule has 0 aliphatic rings. The summed E-state index contributed by atoms with van der Waals surface area (Å²) in [4.78, 5) is 22.5. The second-order valence-electron chi connectivity index (χ2n) is 5.15. The molecule has 0 aromatic heterocycles. The molecule has 22 heavy (non-hydrogen) atoms. The SMILES string of the molecule is COC(=O)c1ccc(S(=O)(=O)NC(C(=O)O)C(C)C)cc1C. The second-order valence-corrected chi connectivity index (χ2v) is 6.86. The summed E-state index contributed by atoms with van der Waals surface area (Å²) in [5.74, 6) is -2.23. The molecule has 0 saturated carbocycles. The fraction of sp³-hybridized carbons (Fsp3) is 0.429. The highest BCUT2D eigenvalue weighted by molar-refractivity contribution is 7.89. The first-order chi connectivity index (χ1) is 10.1. The van der Waals surface area contributed by atoms with E-state index < -0.39 is 33.9 Å². The van der Waals surface area contributed by atoms with Crippen LogP contribution in [0.15, 0.2) is 23.1 Å². The molecular weight excluding hydrogens is 310 g/mol. The molecule has 0 heterocycles. The first-order valence-corrected chi connectivity index (χ1v) is 8.02. The number of carbonyl (C=O) groups excluding carboxylic acids is 1. The highest BCUT2D eigenvalue weighted by Crippen LogP contribution is 2.17. The highest BCUT2D eigenvalue weighted by atomic mass is 32.2. The number of aliphatic carboxylic acids is 1. The minimum Gasteiger partial charge on any atom is -0.480 e. The lowest BCUT2D eigenvalue weighted by Crippen LogP contribution is -2.44. The third-order valence-electron chi connectivity index (χ3n) is 3.13. The molecule has 122 valence electrons. The van der Waals surface area contributed by atoms with Crippen molar-refractivity contribution in [2.75, 3.05) is 7.11 Å². The standard InChI is InChI=1S/C14H19NO6S/c1-8(2)12(13(16)17)15-22(19,20)10-5-6-11(9(3)7-10)14(18)21-4/h5-8,12,15H,1-4H3,(H,16,17). The van der Waals surface area contributed by atoms with Crippen molar-refractivity contribution < 1.29 is 27.9 Å². The third-order valence-corrected chi connectivity index (χ3v) is 4.57. The molecular formula is C14H19NO6S. The van der Waals surface area contributed by atoms with Crippen molar-refractivity contribution in [2.24, 2.45) is 5.92 Å². The molecule has 0 bridgehead atoms. The number of esters is 1. The Bertz CT molecular complexity index is 681. The van der Waals surface area contributed by atoms with Crippen molar-refractivity contribution in [3.05, 3.63) is 29.3 Å². The molecule has 8 heteroatoms. The highest BCUT2D eigenvalue weighted by Gasteiger charge is 2.28. The number of carbonyl (C=O) groups is 2. The van der Waals surface area contributed by atoms with Crippen molar-refractivity contribution in [3.63, 3.8) is 0 Å². The van der Waals surface area contributed by atoms with E-state index in [1.165, 1.54) is 25.3 Å². The maximum Gasteiger partial charge on any atom is 0.338 e. The summed E-state index contributed by atoms with van der Waals surface area (Å²) in [7, 11) is -2.77. The van der Waals surface area contributed by atoms with Gasteiger partial charge in [0.1, 0.15) is 6.04 Å². The van der Waals surface area contributed by atoms with Gasteiger partial charge in [0.05, 0.1) is 17.6 Å². The van der Waals surface area contributed by atoms with Gasteiger partial charge in [-0.25, -0.2) is 13.2 Å². The maximum absolute atomic E-state index is 12.3. The molecule has 0 saturated heterocycles. The van der Waals surface area contributed by atoms with E-state index in [2.05, 4.69) is 9.46 Å². The van der Waals surface area contributed by atoms with E-state index in [4.69, 9.17) is 5.11 Å². The third kappa shape index (κ3) is 4.05. The van der Waals surface area contributed by atoms with Crippen LogP contribution >= 0.6 is 0 Å². The van der Waals surface area contributed by atoms with Crippen LogP contribution in [0.2, 0.25) is 0 Å². The van der Waals surface area contributed by atoms with Gasteiger partial charge in [0.15, 0.2) is 0 Å². The molecule has 1 unspecified atom stereocenters. The summed E-state index contributed by atoms with van der Waals surface area (Å²) in [6.45, 7) is 4.78. The zero-order valence-electron chi connectivity index (χ0n) is 12.8. The maximum atomic E-state index is 12.3. The summed E-state index contributed by atoms with van der Waals surface area (Å²) >= 11 is 0. The Morgan fingerprint density at radius 1 is 1.27 bits per heavy atom. The number of hydrogen-bond acceptors (Lipinski definition) is 5. The summed E-state index contributed by atoms with van der Waals surface area (Å²) in [6.07, 6.45) is 0. The normalized spacial score (nSPS) is 13.0. The van der Waals surface area contributed by atoms with Crippen LogP contribution < -0.4 is 4.72 Å². The number of rotatable bonds is 6. The van der Waals surface area contributed by atoms with Crippen LogP contribution in [0.25, 0.3) is 0 Å². The topological polar surface area (TPSA) is 110 Å². The molecule has 2 N–H and O–H groups in total. The number of methoxy groups -OCH3 is 1. The quantitative estimate of drug-likeness (QED) is 0.758. The Kier molecular flexibility index (Phi) is 5.67.